The maximum atomic E-state index is 12.6. The number of fused-ring (bicyclic) bond motifs is 1. The topological polar surface area (TPSA) is 98.2 Å². The quantitative estimate of drug-likeness (QED) is 0.567. The number of H-pyrrole nitrogens is 1. The maximum absolute atomic E-state index is 12.6. The lowest BCUT2D eigenvalue weighted by atomic mass is 9.91. The number of carbonyl (C=O) groups excluding carboxylic acids is 1. The number of benzene rings is 1. The van der Waals surface area contributed by atoms with Crippen molar-refractivity contribution in [2.45, 2.75) is 32.8 Å². The van der Waals surface area contributed by atoms with Gasteiger partial charge in [0.25, 0.3) is 5.91 Å². The molecule has 1 atom stereocenters. The number of hydrogen-bond acceptors (Lipinski definition) is 4. The highest BCUT2D eigenvalue weighted by Gasteiger charge is 2.24. The van der Waals surface area contributed by atoms with Crippen molar-refractivity contribution in [1.29, 1.82) is 0 Å². The molecule has 2 heterocycles. The van der Waals surface area contributed by atoms with Crippen molar-refractivity contribution in [3.8, 4) is 0 Å². The van der Waals surface area contributed by atoms with Crippen molar-refractivity contribution in [1.82, 2.24) is 9.97 Å². The summed E-state index contributed by atoms with van der Waals surface area (Å²) in [7, 11) is 0. The summed E-state index contributed by atoms with van der Waals surface area (Å²) in [5.74, 6) is 0.217. The molecule has 2 aromatic heterocycles. The van der Waals surface area contributed by atoms with Gasteiger partial charge in [0.15, 0.2) is 0 Å². The van der Waals surface area contributed by atoms with E-state index in [-0.39, 0.29) is 12.5 Å². The zero-order chi connectivity index (χ0) is 18.9. The first-order valence-corrected chi connectivity index (χ1v) is 8.58. The smallest absolute Gasteiger partial charge is 0.256 e. The van der Waals surface area contributed by atoms with Gasteiger partial charge in [-0.3, -0.25) is 4.79 Å². The van der Waals surface area contributed by atoms with E-state index in [1.807, 2.05) is 25.3 Å². The molecule has 0 aliphatic heterocycles. The van der Waals surface area contributed by atoms with Crippen molar-refractivity contribution in [3.05, 3.63) is 58.9 Å². The fourth-order valence-corrected chi connectivity index (χ4v) is 3.14. The first-order valence-electron chi connectivity index (χ1n) is 8.58. The lowest BCUT2D eigenvalue weighted by Gasteiger charge is -2.23. The van der Waals surface area contributed by atoms with E-state index in [1.165, 1.54) is 6.92 Å². The molecule has 4 N–H and O–H groups in total. The standard InChI is InChI=1S/C20H23N3O3/c1-4-16-14-7-8-21-17(14)10-18(22-16)23-19(25)13-5-6-15(12(2)9-13)20(3,26)11-24/h5-10,21,24,26H,4,11H2,1-3H3,(H,22,23,25). The highest BCUT2D eigenvalue weighted by Crippen LogP contribution is 2.25. The van der Waals surface area contributed by atoms with E-state index >= 15 is 0 Å². The second-order valence-corrected chi connectivity index (χ2v) is 6.66. The van der Waals surface area contributed by atoms with E-state index in [0.717, 1.165) is 28.6 Å². The number of amides is 1. The number of aliphatic hydroxyl groups is 2. The van der Waals surface area contributed by atoms with Crippen molar-refractivity contribution in [3.63, 3.8) is 0 Å². The van der Waals surface area contributed by atoms with Crippen LogP contribution in [-0.4, -0.2) is 32.7 Å². The Bertz CT molecular complexity index is 960. The summed E-state index contributed by atoms with van der Waals surface area (Å²) in [6.45, 7) is 4.97. The molecule has 0 bridgehead atoms. The third-order valence-corrected chi connectivity index (χ3v) is 4.58. The number of nitrogens with one attached hydrogen (secondary N) is 2. The third-order valence-electron chi connectivity index (χ3n) is 4.58. The zero-order valence-corrected chi connectivity index (χ0v) is 15.1. The minimum absolute atomic E-state index is 0.274. The maximum Gasteiger partial charge on any atom is 0.256 e. The number of carbonyl (C=O) groups is 1. The van der Waals surface area contributed by atoms with Crippen LogP contribution >= 0.6 is 0 Å². The molecule has 0 saturated carbocycles. The third kappa shape index (κ3) is 3.34. The van der Waals surface area contributed by atoms with E-state index < -0.39 is 5.60 Å². The number of aromatic nitrogens is 2. The predicted molar refractivity (Wildman–Crippen MR) is 101 cm³/mol. The molecule has 0 radical (unpaired) electrons. The molecule has 26 heavy (non-hydrogen) atoms. The van der Waals surface area contributed by atoms with Crippen LogP contribution in [0.25, 0.3) is 10.9 Å². The summed E-state index contributed by atoms with van der Waals surface area (Å²) in [4.78, 5) is 20.3. The Morgan fingerprint density at radius 2 is 2.08 bits per heavy atom. The molecule has 6 nitrogen and oxygen atoms in total. The van der Waals surface area contributed by atoms with Crippen LogP contribution in [-0.2, 0) is 12.0 Å². The van der Waals surface area contributed by atoms with Gasteiger partial charge in [0.2, 0.25) is 0 Å². The monoisotopic (exact) mass is 353 g/mol. The zero-order valence-electron chi connectivity index (χ0n) is 15.1. The molecule has 3 rings (SSSR count). The van der Waals surface area contributed by atoms with Crippen LogP contribution in [0, 0.1) is 6.92 Å². The van der Waals surface area contributed by atoms with E-state index in [0.29, 0.717) is 16.9 Å². The fraction of sp³-hybridized carbons (Fsp3) is 0.300. The normalized spacial score (nSPS) is 13.6. The van der Waals surface area contributed by atoms with Crippen molar-refractivity contribution in [2.75, 3.05) is 11.9 Å². The van der Waals surface area contributed by atoms with Crippen LogP contribution in [0.15, 0.2) is 36.5 Å². The Balaban J connectivity index is 1.88. The lowest BCUT2D eigenvalue weighted by molar-refractivity contribution is -0.00279. The second kappa shape index (κ2) is 6.90. The number of rotatable bonds is 5. The number of aromatic amines is 1. The predicted octanol–water partition coefficient (Wildman–Crippen LogP) is 2.89. The van der Waals surface area contributed by atoms with Crippen LogP contribution in [0.5, 0.6) is 0 Å². The van der Waals surface area contributed by atoms with Gasteiger partial charge >= 0.3 is 0 Å². The van der Waals surface area contributed by atoms with Crippen molar-refractivity contribution < 1.29 is 15.0 Å². The van der Waals surface area contributed by atoms with Gasteiger partial charge < -0.3 is 20.5 Å². The summed E-state index contributed by atoms with van der Waals surface area (Å²) in [5.41, 5.74) is 2.30. The van der Waals surface area contributed by atoms with E-state index in [9.17, 15) is 15.0 Å². The molecule has 1 aromatic carbocycles. The molecular weight excluding hydrogens is 330 g/mol. The van der Waals surface area contributed by atoms with Gasteiger partial charge in [0.05, 0.1) is 17.8 Å². The Morgan fingerprint density at radius 3 is 2.73 bits per heavy atom. The fourth-order valence-electron chi connectivity index (χ4n) is 3.14. The number of anilines is 1. The van der Waals surface area contributed by atoms with Crippen LogP contribution in [0.3, 0.4) is 0 Å². The SMILES string of the molecule is CCc1nc(NC(=O)c2ccc(C(C)(O)CO)c(C)c2)cc2[nH]ccc12. The van der Waals surface area contributed by atoms with Crippen LogP contribution in [0.1, 0.15) is 41.0 Å². The Labute approximate surface area is 151 Å². The van der Waals surface area contributed by atoms with Gasteiger partial charge in [-0.15, -0.1) is 0 Å². The minimum atomic E-state index is -1.34. The number of pyridine rings is 1. The second-order valence-electron chi connectivity index (χ2n) is 6.66. The molecule has 0 fully saturated rings. The highest BCUT2D eigenvalue weighted by atomic mass is 16.3. The van der Waals surface area contributed by atoms with Gasteiger partial charge in [-0.25, -0.2) is 4.98 Å². The van der Waals surface area contributed by atoms with Gasteiger partial charge in [0.1, 0.15) is 11.4 Å². The largest absolute Gasteiger partial charge is 0.393 e. The van der Waals surface area contributed by atoms with Gasteiger partial charge in [-0.1, -0.05) is 13.0 Å². The van der Waals surface area contributed by atoms with Crippen molar-refractivity contribution >= 4 is 22.6 Å². The molecule has 0 aliphatic rings. The number of nitrogens with zero attached hydrogens (tertiary/aromatic N) is 1. The summed E-state index contributed by atoms with van der Waals surface area (Å²) in [6, 6.07) is 8.78. The van der Waals surface area contributed by atoms with Crippen LogP contribution < -0.4 is 5.32 Å². The molecule has 1 unspecified atom stereocenters. The number of hydrogen-bond donors (Lipinski definition) is 4. The Kier molecular flexibility index (Phi) is 4.80. The lowest BCUT2D eigenvalue weighted by Crippen LogP contribution is -2.27. The summed E-state index contributed by atoms with van der Waals surface area (Å²) >= 11 is 0. The van der Waals surface area contributed by atoms with E-state index in [2.05, 4.69) is 15.3 Å². The molecule has 6 heteroatoms. The molecule has 0 spiro atoms. The molecule has 0 saturated heterocycles. The molecule has 3 aromatic rings. The Morgan fingerprint density at radius 1 is 1.31 bits per heavy atom. The van der Waals surface area contributed by atoms with E-state index in [4.69, 9.17) is 0 Å². The molecular formula is C20H23N3O3. The molecule has 1 amide bonds. The summed E-state index contributed by atoms with van der Waals surface area (Å²) in [5, 5.41) is 23.4. The minimum Gasteiger partial charge on any atom is -0.393 e. The molecule has 136 valence electrons. The average molecular weight is 353 g/mol. The average Bonchev–Trinajstić information content (AvgIpc) is 3.09. The molecule has 0 aliphatic carbocycles. The van der Waals surface area contributed by atoms with E-state index in [1.54, 1.807) is 25.1 Å². The van der Waals surface area contributed by atoms with Crippen molar-refractivity contribution in [2.24, 2.45) is 0 Å². The highest BCUT2D eigenvalue weighted by molar-refractivity contribution is 6.04. The number of aliphatic hydroxyl groups excluding tert-OH is 1. The van der Waals surface area contributed by atoms with Gasteiger partial charge in [-0.05, 0) is 49.6 Å². The van der Waals surface area contributed by atoms with Crippen LogP contribution in [0.4, 0.5) is 5.82 Å². The first-order chi connectivity index (χ1) is 12.4. The first kappa shape index (κ1) is 18.1. The summed E-state index contributed by atoms with van der Waals surface area (Å²) in [6.07, 6.45) is 2.62. The van der Waals surface area contributed by atoms with Gasteiger partial charge in [0, 0.05) is 23.2 Å². The Hall–Kier alpha value is -2.70. The van der Waals surface area contributed by atoms with Crippen LogP contribution in [0.2, 0.25) is 0 Å². The number of aryl methyl sites for hydroxylation is 2. The summed E-state index contributed by atoms with van der Waals surface area (Å²) < 4.78 is 0. The van der Waals surface area contributed by atoms with Gasteiger partial charge in [-0.2, -0.15) is 0 Å².